The molecule has 0 rings (SSSR count). The van der Waals surface area contributed by atoms with Crippen molar-refractivity contribution in [3.63, 3.8) is 0 Å². The van der Waals surface area contributed by atoms with E-state index in [1.54, 1.807) is 6.08 Å². The first kappa shape index (κ1) is 22.2. The molecule has 0 saturated heterocycles. The zero-order valence-corrected chi connectivity index (χ0v) is 15.6. The van der Waals surface area contributed by atoms with Gasteiger partial charge in [0.05, 0.1) is 13.0 Å². The van der Waals surface area contributed by atoms with Gasteiger partial charge >= 0.3 is 5.97 Å². The van der Waals surface area contributed by atoms with Crippen molar-refractivity contribution in [2.45, 2.75) is 110 Å². The fraction of sp³-hybridized carbons (Fsp3) is 0.857. The number of hydrogen-bond acceptors (Lipinski definition) is 2. The number of unbranched alkanes of at least 4 members (excludes halogenated alkanes) is 14. The molecule has 0 aliphatic carbocycles. The van der Waals surface area contributed by atoms with E-state index in [1.165, 1.54) is 89.9 Å². The van der Waals surface area contributed by atoms with Crippen LogP contribution in [0.15, 0.2) is 12.7 Å². The summed E-state index contributed by atoms with van der Waals surface area (Å²) in [7, 11) is 0. The van der Waals surface area contributed by atoms with Crippen molar-refractivity contribution in [1.29, 1.82) is 0 Å². The molecule has 0 unspecified atom stereocenters. The highest BCUT2D eigenvalue weighted by atomic mass is 16.5. The molecule has 2 nitrogen and oxygen atoms in total. The molecule has 0 aromatic heterocycles. The maximum Gasteiger partial charge on any atom is 0.309 e. The largest absolute Gasteiger partial charge is 0.465 e. The van der Waals surface area contributed by atoms with Crippen LogP contribution in [0.1, 0.15) is 110 Å². The second-order valence-electron chi connectivity index (χ2n) is 6.66. The first-order valence-electron chi connectivity index (χ1n) is 10.1. The average Bonchev–Trinajstić information content (AvgIpc) is 2.54. The third-order valence-electron chi connectivity index (χ3n) is 4.32. The van der Waals surface area contributed by atoms with Gasteiger partial charge in [0.15, 0.2) is 0 Å². The molecular weight excluding hydrogens is 284 g/mol. The van der Waals surface area contributed by atoms with Gasteiger partial charge in [0.1, 0.15) is 0 Å². The van der Waals surface area contributed by atoms with Crippen LogP contribution in [0.2, 0.25) is 0 Å². The number of ether oxygens (including phenoxy) is 1. The fourth-order valence-corrected chi connectivity index (χ4v) is 2.84. The second kappa shape index (κ2) is 19.3. The molecule has 0 saturated carbocycles. The molecule has 136 valence electrons. The molecule has 0 spiro atoms. The third kappa shape index (κ3) is 19.2. The van der Waals surface area contributed by atoms with Crippen LogP contribution in [0, 0.1) is 0 Å². The van der Waals surface area contributed by atoms with Crippen LogP contribution < -0.4 is 0 Å². The summed E-state index contributed by atoms with van der Waals surface area (Å²) in [6.45, 7) is 6.38. The minimum atomic E-state index is -0.148. The van der Waals surface area contributed by atoms with Gasteiger partial charge < -0.3 is 4.74 Å². The van der Waals surface area contributed by atoms with E-state index in [2.05, 4.69) is 13.5 Å². The van der Waals surface area contributed by atoms with Crippen molar-refractivity contribution in [3.05, 3.63) is 12.7 Å². The normalized spacial score (nSPS) is 10.7. The van der Waals surface area contributed by atoms with Crippen LogP contribution >= 0.6 is 0 Å². The summed E-state index contributed by atoms with van der Waals surface area (Å²) in [6.07, 6.45) is 22.3. The van der Waals surface area contributed by atoms with E-state index in [-0.39, 0.29) is 5.97 Å². The Bertz CT molecular complexity index is 261. The van der Waals surface area contributed by atoms with Crippen molar-refractivity contribution in [3.8, 4) is 0 Å². The molecule has 0 radical (unpaired) electrons. The van der Waals surface area contributed by atoms with Gasteiger partial charge in [-0.2, -0.15) is 0 Å². The van der Waals surface area contributed by atoms with Gasteiger partial charge in [0.25, 0.3) is 0 Å². The summed E-state index contributed by atoms with van der Waals surface area (Å²) in [5.74, 6) is -0.148. The number of hydrogen-bond donors (Lipinski definition) is 0. The SMILES string of the molecule is C=CCC(=O)OCCCCCCCCCCCCCCCCC. The fourth-order valence-electron chi connectivity index (χ4n) is 2.84. The van der Waals surface area contributed by atoms with E-state index < -0.39 is 0 Å². The number of esters is 1. The summed E-state index contributed by atoms with van der Waals surface area (Å²) < 4.78 is 5.09. The summed E-state index contributed by atoms with van der Waals surface area (Å²) in [5, 5.41) is 0. The minimum absolute atomic E-state index is 0.148. The third-order valence-corrected chi connectivity index (χ3v) is 4.32. The lowest BCUT2D eigenvalue weighted by Crippen LogP contribution is -2.04. The molecule has 0 aromatic rings. The number of rotatable bonds is 18. The molecule has 0 amide bonds. The first-order chi connectivity index (χ1) is 11.3. The number of carbonyl (C=O) groups excluding carboxylic acids is 1. The zero-order valence-electron chi connectivity index (χ0n) is 15.6. The monoisotopic (exact) mass is 324 g/mol. The maximum atomic E-state index is 11.1. The maximum absolute atomic E-state index is 11.1. The first-order valence-corrected chi connectivity index (χ1v) is 10.1. The molecule has 23 heavy (non-hydrogen) atoms. The number of carbonyl (C=O) groups is 1. The van der Waals surface area contributed by atoms with Crippen molar-refractivity contribution in [2.75, 3.05) is 6.61 Å². The highest BCUT2D eigenvalue weighted by Gasteiger charge is 1.98. The van der Waals surface area contributed by atoms with Gasteiger partial charge in [-0.25, -0.2) is 0 Å². The Kier molecular flexibility index (Phi) is 18.6. The average molecular weight is 325 g/mol. The molecule has 2 heteroatoms. The molecule has 0 heterocycles. The highest BCUT2D eigenvalue weighted by Crippen LogP contribution is 2.13. The van der Waals surface area contributed by atoms with Crippen LogP contribution in [-0.2, 0) is 9.53 Å². The van der Waals surface area contributed by atoms with Crippen molar-refractivity contribution in [1.82, 2.24) is 0 Å². The smallest absolute Gasteiger partial charge is 0.309 e. The lowest BCUT2D eigenvalue weighted by atomic mass is 10.0. The Morgan fingerprint density at radius 2 is 1.13 bits per heavy atom. The van der Waals surface area contributed by atoms with Gasteiger partial charge in [-0.1, -0.05) is 103 Å². The van der Waals surface area contributed by atoms with Crippen LogP contribution in [0.5, 0.6) is 0 Å². The van der Waals surface area contributed by atoms with E-state index >= 15 is 0 Å². The molecular formula is C21H40O2. The highest BCUT2D eigenvalue weighted by molar-refractivity contribution is 5.70. The van der Waals surface area contributed by atoms with Crippen LogP contribution in [-0.4, -0.2) is 12.6 Å². The van der Waals surface area contributed by atoms with E-state index in [9.17, 15) is 4.79 Å². The van der Waals surface area contributed by atoms with E-state index in [0.29, 0.717) is 13.0 Å². The predicted octanol–water partition coefficient (Wildman–Crippen LogP) is 6.98. The van der Waals surface area contributed by atoms with Gasteiger partial charge in [0.2, 0.25) is 0 Å². The Morgan fingerprint density at radius 3 is 1.52 bits per heavy atom. The van der Waals surface area contributed by atoms with E-state index in [0.717, 1.165) is 6.42 Å². The Morgan fingerprint density at radius 1 is 0.739 bits per heavy atom. The van der Waals surface area contributed by atoms with E-state index in [4.69, 9.17) is 4.74 Å². The lowest BCUT2D eigenvalue weighted by molar-refractivity contribution is -0.142. The predicted molar refractivity (Wildman–Crippen MR) is 101 cm³/mol. The summed E-state index contributed by atoms with van der Waals surface area (Å²) in [5.41, 5.74) is 0. The van der Waals surface area contributed by atoms with E-state index in [1.807, 2.05) is 0 Å². The molecule has 0 fully saturated rings. The summed E-state index contributed by atoms with van der Waals surface area (Å²) >= 11 is 0. The van der Waals surface area contributed by atoms with Crippen LogP contribution in [0.4, 0.5) is 0 Å². The Hall–Kier alpha value is -0.790. The van der Waals surface area contributed by atoms with Gasteiger partial charge in [-0.05, 0) is 6.42 Å². The Labute approximate surface area is 145 Å². The van der Waals surface area contributed by atoms with Crippen LogP contribution in [0.3, 0.4) is 0 Å². The quantitative estimate of drug-likeness (QED) is 0.154. The van der Waals surface area contributed by atoms with Crippen molar-refractivity contribution in [2.24, 2.45) is 0 Å². The molecule has 0 aliphatic heterocycles. The second-order valence-corrected chi connectivity index (χ2v) is 6.66. The minimum Gasteiger partial charge on any atom is -0.465 e. The molecule has 0 aliphatic rings. The standard InChI is InChI=1S/C21H40O2/c1-3-5-6-7-8-9-10-11-12-13-14-15-16-17-18-20-23-21(22)19-4-2/h4H,2-3,5-20H2,1H3. The summed E-state index contributed by atoms with van der Waals surface area (Å²) in [4.78, 5) is 11.1. The topological polar surface area (TPSA) is 26.3 Å². The molecule has 0 bridgehead atoms. The molecule has 0 atom stereocenters. The Balaban J connectivity index is 3.02. The van der Waals surface area contributed by atoms with Crippen molar-refractivity contribution < 1.29 is 9.53 Å². The van der Waals surface area contributed by atoms with Gasteiger partial charge in [0, 0.05) is 0 Å². The molecule has 0 N–H and O–H groups in total. The van der Waals surface area contributed by atoms with Gasteiger partial charge in [-0.3, -0.25) is 4.79 Å². The molecule has 0 aromatic carbocycles. The van der Waals surface area contributed by atoms with Gasteiger partial charge in [-0.15, -0.1) is 6.58 Å². The summed E-state index contributed by atoms with van der Waals surface area (Å²) in [6, 6.07) is 0. The lowest BCUT2D eigenvalue weighted by Gasteiger charge is -2.04. The van der Waals surface area contributed by atoms with Crippen molar-refractivity contribution >= 4 is 5.97 Å². The zero-order chi connectivity index (χ0) is 17.0. The van der Waals surface area contributed by atoms with Crippen LogP contribution in [0.25, 0.3) is 0 Å².